The zero-order chi connectivity index (χ0) is 22.1. The normalized spacial score (nSPS) is 10.9. The van der Waals surface area contributed by atoms with Crippen LogP contribution in [0.25, 0.3) is 11.1 Å². The number of nitrogens with zero attached hydrogens (tertiary/aromatic N) is 1. The van der Waals surface area contributed by atoms with E-state index in [2.05, 4.69) is 134 Å². The Balaban J connectivity index is 1.93. The number of aryl methyl sites for hydroxylation is 4. The summed E-state index contributed by atoms with van der Waals surface area (Å²) in [6.07, 6.45) is 0. The molecular formula is C29H28BrN. The topological polar surface area (TPSA) is 3.24 Å². The molecule has 0 N–H and O–H groups in total. The molecule has 31 heavy (non-hydrogen) atoms. The van der Waals surface area contributed by atoms with Crippen molar-refractivity contribution in [2.24, 2.45) is 0 Å². The number of hydrogen-bond acceptors (Lipinski definition) is 1. The molecule has 0 fully saturated rings. The molecule has 156 valence electrons. The number of halogens is 1. The van der Waals surface area contributed by atoms with Gasteiger partial charge in [-0.1, -0.05) is 42.5 Å². The minimum absolute atomic E-state index is 1.16. The lowest BCUT2D eigenvalue weighted by Crippen LogP contribution is -2.10. The van der Waals surface area contributed by atoms with Crippen LogP contribution in [0.3, 0.4) is 0 Å². The molecule has 0 unspecified atom stereocenters. The Bertz CT molecular complexity index is 1140. The maximum absolute atomic E-state index is 3.88. The molecule has 0 heterocycles. The smallest absolute Gasteiger partial charge is 0.0467 e. The summed E-state index contributed by atoms with van der Waals surface area (Å²) < 4.78 is 1.19. The zero-order valence-electron chi connectivity index (χ0n) is 18.8. The number of hydrogen-bond donors (Lipinski definition) is 0. The van der Waals surface area contributed by atoms with E-state index in [4.69, 9.17) is 0 Å². The molecule has 1 nitrogen and oxygen atoms in total. The van der Waals surface area contributed by atoms with Crippen molar-refractivity contribution in [2.75, 3.05) is 4.90 Å². The quantitative estimate of drug-likeness (QED) is 0.287. The second-order valence-electron chi connectivity index (χ2n) is 8.29. The lowest BCUT2D eigenvalue weighted by Gasteiger charge is -2.27. The van der Waals surface area contributed by atoms with Gasteiger partial charge in [-0.25, -0.2) is 0 Å². The maximum Gasteiger partial charge on any atom is 0.0467 e. The molecule has 0 saturated heterocycles. The molecule has 0 aromatic heterocycles. The van der Waals surface area contributed by atoms with Gasteiger partial charge in [0.05, 0.1) is 0 Å². The van der Waals surface area contributed by atoms with Gasteiger partial charge in [0, 0.05) is 21.5 Å². The highest BCUT2D eigenvalue weighted by Crippen LogP contribution is 2.42. The Morgan fingerprint density at radius 3 is 1.48 bits per heavy atom. The first-order chi connectivity index (χ1) is 14.9. The van der Waals surface area contributed by atoms with Crippen LogP contribution in [-0.2, 0) is 0 Å². The molecule has 0 spiro atoms. The Labute approximate surface area is 194 Å². The predicted octanol–water partition coefficient (Wildman–Crippen LogP) is 9.13. The van der Waals surface area contributed by atoms with E-state index in [0.29, 0.717) is 0 Å². The largest absolute Gasteiger partial charge is 0.310 e. The molecule has 0 amide bonds. The summed E-state index contributed by atoms with van der Waals surface area (Å²) in [6, 6.07) is 28.0. The van der Waals surface area contributed by atoms with Gasteiger partial charge in [-0.05, 0) is 126 Å². The molecule has 4 rings (SSSR count). The summed E-state index contributed by atoms with van der Waals surface area (Å²) in [4.78, 5) is 2.33. The van der Waals surface area contributed by atoms with E-state index in [1.165, 1.54) is 49.1 Å². The van der Waals surface area contributed by atoms with Crippen LogP contribution >= 0.6 is 15.9 Å². The van der Waals surface area contributed by atoms with Gasteiger partial charge in [0.1, 0.15) is 0 Å². The van der Waals surface area contributed by atoms with Crippen molar-refractivity contribution < 1.29 is 0 Å². The fraction of sp³-hybridized carbons (Fsp3) is 0.172. The maximum atomic E-state index is 3.88. The average molecular weight is 470 g/mol. The fourth-order valence-corrected chi connectivity index (χ4v) is 5.03. The van der Waals surface area contributed by atoms with Gasteiger partial charge >= 0.3 is 0 Å². The van der Waals surface area contributed by atoms with Gasteiger partial charge in [-0.3, -0.25) is 0 Å². The van der Waals surface area contributed by atoms with Crippen molar-refractivity contribution in [3.63, 3.8) is 0 Å². The zero-order valence-corrected chi connectivity index (χ0v) is 20.4. The lowest BCUT2D eigenvalue weighted by atomic mass is 9.89. The summed E-state index contributed by atoms with van der Waals surface area (Å²) in [7, 11) is 0. The highest BCUT2D eigenvalue weighted by molar-refractivity contribution is 9.10. The number of benzene rings is 4. The van der Waals surface area contributed by atoms with Gasteiger partial charge in [-0.15, -0.1) is 0 Å². The van der Waals surface area contributed by atoms with Crippen LogP contribution in [0.5, 0.6) is 0 Å². The molecule has 4 aromatic rings. The number of para-hydroxylation sites is 2. The molecular weight excluding hydrogens is 442 g/mol. The molecule has 0 aliphatic heterocycles. The molecule has 0 aliphatic rings. The molecule has 0 bridgehead atoms. The molecule has 4 aromatic carbocycles. The molecule has 0 saturated carbocycles. The standard InChI is InChI=1S/C29H28BrN/c1-19-16-22(4)29(30)28(23(19)5)27-20(2)17-26(18-21(27)3)31(24-12-8-6-9-13-24)25-14-10-7-11-15-25/h6-18H,1-5H3. The number of anilines is 3. The summed E-state index contributed by atoms with van der Waals surface area (Å²) in [5, 5.41) is 0. The minimum atomic E-state index is 1.16. The van der Waals surface area contributed by atoms with Crippen LogP contribution in [0.4, 0.5) is 17.1 Å². The first-order valence-electron chi connectivity index (χ1n) is 10.7. The van der Waals surface area contributed by atoms with E-state index in [-0.39, 0.29) is 0 Å². The third kappa shape index (κ3) is 4.05. The predicted molar refractivity (Wildman–Crippen MR) is 138 cm³/mol. The molecule has 0 radical (unpaired) electrons. The van der Waals surface area contributed by atoms with Gasteiger partial charge in [-0.2, -0.15) is 0 Å². The van der Waals surface area contributed by atoms with Gasteiger partial charge in [0.15, 0.2) is 0 Å². The fourth-order valence-electron chi connectivity index (χ4n) is 4.42. The summed E-state index contributed by atoms with van der Waals surface area (Å²) in [5.74, 6) is 0. The van der Waals surface area contributed by atoms with Gasteiger partial charge in [0.25, 0.3) is 0 Å². The monoisotopic (exact) mass is 469 g/mol. The second kappa shape index (κ2) is 8.72. The van der Waals surface area contributed by atoms with Crippen molar-refractivity contribution in [2.45, 2.75) is 34.6 Å². The molecule has 0 atom stereocenters. The van der Waals surface area contributed by atoms with E-state index in [0.717, 1.165) is 11.4 Å². The van der Waals surface area contributed by atoms with Crippen molar-refractivity contribution in [3.05, 3.63) is 111 Å². The first-order valence-corrected chi connectivity index (χ1v) is 11.5. The van der Waals surface area contributed by atoms with Crippen LogP contribution in [0.1, 0.15) is 27.8 Å². The van der Waals surface area contributed by atoms with E-state index >= 15 is 0 Å². The van der Waals surface area contributed by atoms with Crippen molar-refractivity contribution in [1.29, 1.82) is 0 Å². The highest BCUT2D eigenvalue weighted by Gasteiger charge is 2.19. The van der Waals surface area contributed by atoms with E-state index < -0.39 is 0 Å². The van der Waals surface area contributed by atoms with Crippen molar-refractivity contribution in [1.82, 2.24) is 0 Å². The summed E-state index contributed by atoms with van der Waals surface area (Å²) in [5.41, 5.74) is 12.6. The van der Waals surface area contributed by atoms with E-state index in [9.17, 15) is 0 Å². The Kier molecular flexibility index (Phi) is 6.02. The Morgan fingerprint density at radius 2 is 1.00 bits per heavy atom. The number of rotatable bonds is 4. The third-order valence-corrected chi connectivity index (χ3v) is 7.04. The van der Waals surface area contributed by atoms with Crippen molar-refractivity contribution in [3.8, 4) is 11.1 Å². The van der Waals surface area contributed by atoms with Crippen LogP contribution in [0.15, 0.2) is 83.3 Å². The van der Waals surface area contributed by atoms with Crippen LogP contribution < -0.4 is 4.90 Å². The van der Waals surface area contributed by atoms with Crippen LogP contribution in [0.2, 0.25) is 0 Å². The Morgan fingerprint density at radius 1 is 0.516 bits per heavy atom. The highest BCUT2D eigenvalue weighted by atomic mass is 79.9. The third-order valence-electron chi connectivity index (χ3n) is 6.02. The van der Waals surface area contributed by atoms with Crippen molar-refractivity contribution >= 4 is 33.0 Å². The molecule has 2 heteroatoms. The van der Waals surface area contributed by atoms with Gasteiger partial charge in [0.2, 0.25) is 0 Å². The summed E-state index contributed by atoms with van der Waals surface area (Å²) in [6.45, 7) is 11.0. The van der Waals surface area contributed by atoms with Crippen LogP contribution in [0, 0.1) is 34.6 Å². The van der Waals surface area contributed by atoms with E-state index in [1.807, 2.05) is 0 Å². The SMILES string of the molecule is Cc1cc(C)c(Br)c(-c2c(C)cc(N(c3ccccc3)c3ccccc3)cc2C)c1C. The Hall–Kier alpha value is -2.84. The average Bonchev–Trinajstić information content (AvgIpc) is 2.76. The van der Waals surface area contributed by atoms with E-state index in [1.54, 1.807) is 0 Å². The van der Waals surface area contributed by atoms with Gasteiger partial charge < -0.3 is 4.90 Å². The first kappa shape index (κ1) is 21.4. The van der Waals surface area contributed by atoms with Crippen LogP contribution in [-0.4, -0.2) is 0 Å². The summed E-state index contributed by atoms with van der Waals surface area (Å²) >= 11 is 3.88. The molecule has 0 aliphatic carbocycles. The minimum Gasteiger partial charge on any atom is -0.310 e. The lowest BCUT2D eigenvalue weighted by molar-refractivity contribution is 1.23. The second-order valence-corrected chi connectivity index (χ2v) is 9.08.